The Labute approximate surface area is 194 Å². The van der Waals surface area contributed by atoms with E-state index in [1.54, 1.807) is 6.20 Å². The van der Waals surface area contributed by atoms with Crippen molar-refractivity contribution in [2.24, 2.45) is 0 Å². The number of aliphatic hydroxyl groups is 1. The summed E-state index contributed by atoms with van der Waals surface area (Å²) in [5.74, 6) is 0.841. The number of H-pyrrole nitrogens is 1. The molecule has 1 saturated heterocycles. The maximum absolute atomic E-state index is 10.7. The Morgan fingerprint density at radius 1 is 1.19 bits per heavy atom. The van der Waals surface area contributed by atoms with Gasteiger partial charge in [-0.1, -0.05) is 11.6 Å². The largest absolute Gasteiger partial charge is 0.488 e. The number of fused-ring (bicyclic) bond motifs is 1. The molecule has 1 aromatic carbocycles. The highest BCUT2D eigenvalue weighted by Crippen LogP contribution is 2.46. The molecule has 1 atom stereocenters. The Morgan fingerprint density at radius 2 is 2.03 bits per heavy atom. The summed E-state index contributed by atoms with van der Waals surface area (Å²) in [6.45, 7) is 1.41. The molecule has 0 spiro atoms. The number of nitrogens with zero attached hydrogens (tertiary/aromatic N) is 2. The van der Waals surface area contributed by atoms with Crippen molar-refractivity contribution in [3.63, 3.8) is 0 Å². The lowest BCUT2D eigenvalue weighted by Gasteiger charge is -2.34. The van der Waals surface area contributed by atoms with Gasteiger partial charge in [0, 0.05) is 35.5 Å². The van der Waals surface area contributed by atoms with Gasteiger partial charge < -0.3 is 19.6 Å². The highest BCUT2D eigenvalue weighted by molar-refractivity contribution is 7.15. The Balaban J connectivity index is 1.33. The lowest BCUT2D eigenvalue weighted by molar-refractivity contribution is -0.0389. The zero-order valence-corrected chi connectivity index (χ0v) is 18.9. The molecule has 32 heavy (non-hydrogen) atoms. The molecule has 4 heterocycles. The average Bonchev–Trinajstić information content (AvgIpc) is 3.53. The van der Waals surface area contributed by atoms with Crippen LogP contribution in [0.2, 0.25) is 5.02 Å². The summed E-state index contributed by atoms with van der Waals surface area (Å²) in [6, 6.07) is 10.1. The van der Waals surface area contributed by atoms with Gasteiger partial charge in [0.25, 0.3) is 0 Å². The van der Waals surface area contributed by atoms with Crippen LogP contribution >= 0.6 is 22.9 Å². The lowest BCUT2D eigenvalue weighted by Crippen LogP contribution is -2.33. The minimum absolute atomic E-state index is 0.130. The summed E-state index contributed by atoms with van der Waals surface area (Å²) in [6.07, 6.45) is 7.09. The molecule has 1 aliphatic carbocycles. The van der Waals surface area contributed by atoms with E-state index in [0.717, 1.165) is 75.8 Å². The summed E-state index contributed by atoms with van der Waals surface area (Å²) in [7, 11) is 0. The van der Waals surface area contributed by atoms with Gasteiger partial charge in [0.05, 0.1) is 23.1 Å². The van der Waals surface area contributed by atoms with Gasteiger partial charge >= 0.3 is 0 Å². The van der Waals surface area contributed by atoms with Crippen LogP contribution in [-0.4, -0.2) is 39.4 Å². The number of halogens is 1. The highest BCUT2D eigenvalue weighted by atomic mass is 35.5. The van der Waals surface area contributed by atoms with E-state index in [9.17, 15) is 5.11 Å². The summed E-state index contributed by atoms with van der Waals surface area (Å²) < 4.78 is 11.3. The first-order valence-electron chi connectivity index (χ1n) is 10.8. The molecule has 164 valence electrons. The number of aromatic amines is 1. The molecule has 1 aliphatic heterocycles. The second-order valence-corrected chi connectivity index (χ2v) is 9.91. The van der Waals surface area contributed by atoms with Crippen LogP contribution in [0, 0.1) is 0 Å². The number of thiazole rings is 1. The summed E-state index contributed by atoms with van der Waals surface area (Å²) in [5, 5.41) is 12.9. The van der Waals surface area contributed by atoms with Gasteiger partial charge in [-0.15, -0.1) is 11.3 Å². The number of benzene rings is 1. The van der Waals surface area contributed by atoms with Gasteiger partial charge in [0.2, 0.25) is 0 Å². The second kappa shape index (κ2) is 7.85. The first-order chi connectivity index (χ1) is 15.6. The predicted octanol–water partition coefficient (Wildman–Crippen LogP) is 5.55. The van der Waals surface area contributed by atoms with Crippen LogP contribution in [0.25, 0.3) is 32.7 Å². The highest BCUT2D eigenvalue weighted by Gasteiger charge is 2.39. The van der Waals surface area contributed by atoms with Crippen molar-refractivity contribution >= 4 is 34.0 Å². The van der Waals surface area contributed by atoms with Gasteiger partial charge in [-0.3, -0.25) is 0 Å². The number of pyridine rings is 1. The zero-order chi connectivity index (χ0) is 21.7. The van der Waals surface area contributed by atoms with Crippen molar-refractivity contribution in [1.29, 1.82) is 0 Å². The molecule has 2 fully saturated rings. The molecule has 8 heteroatoms. The Morgan fingerprint density at radius 3 is 2.75 bits per heavy atom. The van der Waals surface area contributed by atoms with Crippen LogP contribution < -0.4 is 4.74 Å². The topological polar surface area (TPSA) is 80.3 Å². The van der Waals surface area contributed by atoms with Crippen LogP contribution in [0.3, 0.4) is 0 Å². The first-order valence-corrected chi connectivity index (χ1v) is 12.0. The fraction of sp³-hybridized carbons (Fsp3) is 0.333. The number of rotatable bonds is 5. The van der Waals surface area contributed by atoms with E-state index in [2.05, 4.69) is 21.0 Å². The van der Waals surface area contributed by atoms with Crippen molar-refractivity contribution < 1.29 is 14.6 Å². The van der Waals surface area contributed by atoms with E-state index in [0.29, 0.717) is 11.6 Å². The molecule has 3 aromatic heterocycles. The smallest absolute Gasteiger partial charge is 0.138 e. The van der Waals surface area contributed by atoms with Gasteiger partial charge in [0.15, 0.2) is 0 Å². The SMILES string of the molecule is OC1(c2ncc(-c3c(Cl)cnc4[nH]c(-c5ccc(OC6CCOC6)cc5)cc34)s2)CCC1. The van der Waals surface area contributed by atoms with Crippen molar-refractivity contribution in [2.45, 2.75) is 37.4 Å². The summed E-state index contributed by atoms with van der Waals surface area (Å²) in [5.41, 5.74) is 2.87. The first kappa shape index (κ1) is 20.2. The molecule has 0 amide bonds. The Hall–Kier alpha value is -2.45. The monoisotopic (exact) mass is 467 g/mol. The van der Waals surface area contributed by atoms with Gasteiger partial charge in [0.1, 0.15) is 28.1 Å². The van der Waals surface area contributed by atoms with Crippen LogP contribution in [0.15, 0.2) is 42.7 Å². The fourth-order valence-corrected chi connectivity index (χ4v) is 5.74. The minimum Gasteiger partial charge on any atom is -0.488 e. The molecular weight excluding hydrogens is 446 g/mol. The number of aromatic nitrogens is 3. The van der Waals surface area contributed by atoms with Crippen molar-refractivity contribution in [1.82, 2.24) is 15.0 Å². The molecule has 1 saturated carbocycles. The molecule has 0 bridgehead atoms. The molecular formula is C24H22ClN3O3S. The number of nitrogens with one attached hydrogen (secondary N) is 1. The van der Waals surface area contributed by atoms with Crippen LogP contribution in [0.1, 0.15) is 30.7 Å². The molecule has 2 aliphatic rings. The number of ether oxygens (including phenoxy) is 2. The number of hydrogen-bond acceptors (Lipinski definition) is 6. The normalized spacial score (nSPS) is 19.9. The van der Waals surface area contributed by atoms with Crippen LogP contribution in [-0.2, 0) is 10.3 Å². The maximum Gasteiger partial charge on any atom is 0.138 e. The van der Waals surface area contributed by atoms with Crippen LogP contribution in [0.4, 0.5) is 0 Å². The minimum atomic E-state index is -0.778. The fourth-order valence-electron chi connectivity index (χ4n) is 4.30. The van der Waals surface area contributed by atoms with E-state index in [1.165, 1.54) is 11.3 Å². The molecule has 4 aromatic rings. The van der Waals surface area contributed by atoms with Crippen molar-refractivity contribution in [3.05, 3.63) is 52.8 Å². The molecule has 6 nitrogen and oxygen atoms in total. The molecule has 6 rings (SSSR count). The third-order valence-electron chi connectivity index (χ3n) is 6.30. The Kier molecular flexibility index (Phi) is 4.95. The van der Waals surface area contributed by atoms with Gasteiger partial charge in [-0.05, 0) is 55.2 Å². The lowest BCUT2D eigenvalue weighted by atomic mass is 9.81. The number of hydrogen-bond donors (Lipinski definition) is 2. The Bertz CT molecular complexity index is 1270. The molecule has 1 unspecified atom stereocenters. The third-order valence-corrected chi connectivity index (χ3v) is 7.79. The average molecular weight is 468 g/mol. The second-order valence-electron chi connectivity index (χ2n) is 8.47. The van der Waals surface area contributed by atoms with Gasteiger partial charge in [-0.2, -0.15) is 0 Å². The molecule has 0 radical (unpaired) electrons. The standard InChI is InChI=1S/C24H22ClN3O3S/c25-18-11-26-22-17(21(18)20-12-27-23(32-20)24(29)7-1-8-24)10-19(28-22)14-2-4-15(5-3-14)31-16-6-9-30-13-16/h2-5,10-12,16,29H,1,6-9,13H2,(H,26,28). The van der Waals surface area contributed by atoms with E-state index in [4.69, 9.17) is 21.1 Å². The van der Waals surface area contributed by atoms with E-state index >= 15 is 0 Å². The van der Waals surface area contributed by atoms with Gasteiger partial charge in [-0.25, -0.2) is 9.97 Å². The van der Waals surface area contributed by atoms with Crippen LogP contribution in [0.5, 0.6) is 5.75 Å². The summed E-state index contributed by atoms with van der Waals surface area (Å²) >= 11 is 8.09. The van der Waals surface area contributed by atoms with E-state index in [-0.39, 0.29) is 6.10 Å². The molecule has 2 N–H and O–H groups in total. The summed E-state index contributed by atoms with van der Waals surface area (Å²) in [4.78, 5) is 13.3. The van der Waals surface area contributed by atoms with Crippen molar-refractivity contribution in [2.75, 3.05) is 13.2 Å². The quantitative estimate of drug-likeness (QED) is 0.402. The predicted molar refractivity (Wildman–Crippen MR) is 125 cm³/mol. The third kappa shape index (κ3) is 3.49. The van der Waals surface area contributed by atoms with Crippen molar-refractivity contribution in [3.8, 4) is 27.4 Å². The zero-order valence-electron chi connectivity index (χ0n) is 17.3. The maximum atomic E-state index is 10.7. The van der Waals surface area contributed by atoms with E-state index in [1.807, 2.05) is 30.5 Å². The van der Waals surface area contributed by atoms with E-state index < -0.39 is 5.60 Å².